The quantitative estimate of drug-likeness (QED) is 0.121. The van der Waals surface area contributed by atoms with Gasteiger partial charge in [-0.05, 0) is 35.7 Å². The summed E-state index contributed by atoms with van der Waals surface area (Å²) in [5.41, 5.74) is 1.60. The summed E-state index contributed by atoms with van der Waals surface area (Å²) in [4.78, 5) is 37.1. The van der Waals surface area contributed by atoms with Crippen LogP contribution in [0.3, 0.4) is 0 Å². The number of carbonyl (C=O) groups excluding carboxylic acids is 1. The van der Waals surface area contributed by atoms with Gasteiger partial charge < -0.3 is 40.6 Å². The van der Waals surface area contributed by atoms with Crippen molar-refractivity contribution in [3.63, 3.8) is 0 Å². The zero-order chi connectivity index (χ0) is 30.9. The standard InChI is InChI=1S/C30H41N7O6/c1-4-21(2)25(27(39)40)34-30-36-28(35-29(37-30)33-20-22-10-12-24(41-3)13-11-22)32-15-17-43-19-18-42-16-14-31-26(38)23-8-6-5-7-9-23/h5-13,21,25H,4,14-20H2,1-3H3,(H,31,38)(H,39,40)(H3,32,33,34,35,36,37)/t21-,25-/m0/s1. The van der Waals surface area contributed by atoms with Gasteiger partial charge in [0.25, 0.3) is 5.91 Å². The average Bonchev–Trinajstić information content (AvgIpc) is 3.03. The number of amides is 1. The molecule has 0 aliphatic heterocycles. The number of ether oxygens (including phenoxy) is 3. The molecular weight excluding hydrogens is 554 g/mol. The molecule has 3 aromatic rings. The van der Waals surface area contributed by atoms with Crippen LogP contribution in [0.5, 0.6) is 5.75 Å². The summed E-state index contributed by atoms with van der Waals surface area (Å²) in [5.74, 6) is 0.211. The molecule has 1 heterocycles. The molecule has 232 valence electrons. The van der Waals surface area contributed by atoms with Gasteiger partial charge in [0.15, 0.2) is 0 Å². The van der Waals surface area contributed by atoms with Crippen LogP contribution < -0.4 is 26.0 Å². The SMILES string of the molecule is CC[C@H](C)[C@H](Nc1nc(NCCOCCOCCNC(=O)c2ccccc2)nc(NCc2ccc(OC)cc2)n1)C(=O)O. The maximum atomic E-state index is 12.0. The molecule has 0 saturated heterocycles. The fourth-order valence-corrected chi connectivity index (χ4v) is 3.83. The van der Waals surface area contributed by atoms with E-state index < -0.39 is 12.0 Å². The molecule has 1 aromatic heterocycles. The number of hydrogen-bond acceptors (Lipinski definition) is 11. The van der Waals surface area contributed by atoms with Crippen LogP contribution in [-0.4, -0.2) is 84.6 Å². The number of carboxylic acid groups (broad SMARTS) is 1. The molecule has 0 aliphatic rings. The average molecular weight is 596 g/mol. The van der Waals surface area contributed by atoms with Gasteiger partial charge in [-0.25, -0.2) is 4.79 Å². The Balaban J connectivity index is 1.45. The molecule has 0 aliphatic carbocycles. The van der Waals surface area contributed by atoms with E-state index in [1.165, 1.54) is 0 Å². The fourth-order valence-electron chi connectivity index (χ4n) is 3.83. The monoisotopic (exact) mass is 595 g/mol. The molecule has 3 rings (SSSR count). The van der Waals surface area contributed by atoms with Crippen LogP contribution >= 0.6 is 0 Å². The van der Waals surface area contributed by atoms with E-state index >= 15 is 0 Å². The molecule has 13 heteroatoms. The number of aliphatic carboxylic acids is 1. The lowest BCUT2D eigenvalue weighted by atomic mass is 10.00. The third-order valence-corrected chi connectivity index (χ3v) is 6.48. The predicted molar refractivity (Wildman–Crippen MR) is 164 cm³/mol. The third-order valence-electron chi connectivity index (χ3n) is 6.48. The minimum Gasteiger partial charge on any atom is -0.497 e. The topological polar surface area (TPSA) is 169 Å². The summed E-state index contributed by atoms with van der Waals surface area (Å²) in [6, 6.07) is 15.7. The molecule has 0 spiro atoms. The highest BCUT2D eigenvalue weighted by atomic mass is 16.5. The Bertz CT molecular complexity index is 1260. The van der Waals surface area contributed by atoms with E-state index in [2.05, 4.69) is 36.2 Å². The van der Waals surface area contributed by atoms with Gasteiger partial charge in [0.2, 0.25) is 17.8 Å². The highest BCUT2D eigenvalue weighted by Gasteiger charge is 2.24. The van der Waals surface area contributed by atoms with Crippen molar-refractivity contribution >= 4 is 29.7 Å². The van der Waals surface area contributed by atoms with Gasteiger partial charge in [-0.3, -0.25) is 4.79 Å². The summed E-state index contributed by atoms with van der Waals surface area (Å²) in [7, 11) is 1.61. The van der Waals surface area contributed by atoms with E-state index in [-0.39, 0.29) is 29.7 Å². The molecule has 0 bridgehead atoms. The number of hydrogen-bond donors (Lipinski definition) is 5. The van der Waals surface area contributed by atoms with Crippen LogP contribution in [0.15, 0.2) is 54.6 Å². The number of carbonyl (C=O) groups is 2. The summed E-state index contributed by atoms with van der Waals surface area (Å²) in [6.45, 7) is 6.54. The first kappa shape index (κ1) is 33.0. The molecule has 5 N–H and O–H groups in total. The molecule has 0 unspecified atom stereocenters. The van der Waals surface area contributed by atoms with Gasteiger partial charge in [-0.15, -0.1) is 0 Å². The number of aromatic nitrogens is 3. The molecule has 2 aromatic carbocycles. The Kier molecular flexibility index (Phi) is 13.9. The van der Waals surface area contributed by atoms with Gasteiger partial charge >= 0.3 is 5.97 Å². The highest BCUT2D eigenvalue weighted by molar-refractivity contribution is 5.94. The van der Waals surface area contributed by atoms with Crippen LogP contribution in [0.25, 0.3) is 0 Å². The lowest BCUT2D eigenvalue weighted by molar-refractivity contribution is -0.139. The van der Waals surface area contributed by atoms with Gasteiger partial charge in [0.05, 0.1) is 33.5 Å². The van der Waals surface area contributed by atoms with Gasteiger partial charge in [-0.2, -0.15) is 15.0 Å². The van der Waals surface area contributed by atoms with E-state index in [0.717, 1.165) is 11.3 Å². The van der Waals surface area contributed by atoms with Gasteiger partial charge in [0, 0.05) is 25.2 Å². The Hall–Kier alpha value is -4.49. The Morgan fingerprint density at radius 1 is 0.837 bits per heavy atom. The number of nitrogens with one attached hydrogen (secondary N) is 4. The van der Waals surface area contributed by atoms with Crippen molar-refractivity contribution in [3.8, 4) is 5.75 Å². The Morgan fingerprint density at radius 2 is 1.47 bits per heavy atom. The second kappa shape index (κ2) is 18.1. The van der Waals surface area contributed by atoms with Gasteiger partial charge in [-0.1, -0.05) is 50.6 Å². The van der Waals surface area contributed by atoms with Crippen molar-refractivity contribution in [3.05, 3.63) is 65.7 Å². The van der Waals surface area contributed by atoms with Crippen LogP contribution in [0.4, 0.5) is 17.8 Å². The summed E-state index contributed by atoms with van der Waals surface area (Å²) >= 11 is 0. The minimum absolute atomic E-state index is 0.138. The van der Waals surface area contributed by atoms with Crippen molar-refractivity contribution < 1.29 is 28.9 Å². The van der Waals surface area contributed by atoms with Crippen molar-refractivity contribution in [2.24, 2.45) is 5.92 Å². The Morgan fingerprint density at radius 3 is 2.09 bits per heavy atom. The maximum Gasteiger partial charge on any atom is 0.326 e. The minimum atomic E-state index is -0.980. The number of methoxy groups -OCH3 is 1. The molecule has 0 radical (unpaired) electrons. The van der Waals surface area contributed by atoms with Crippen molar-refractivity contribution in [2.75, 3.05) is 62.6 Å². The van der Waals surface area contributed by atoms with Gasteiger partial charge in [0.1, 0.15) is 11.8 Å². The molecule has 2 atom stereocenters. The van der Waals surface area contributed by atoms with E-state index in [1.54, 1.807) is 19.2 Å². The zero-order valence-corrected chi connectivity index (χ0v) is 24.8. The largest absolute Gasteiger partial charge is 0.497 e. The second-order valence-corrected chi connectivity index (χ2v) is 9.63. The lowest BCUT2D eigenvalue weighted by Gasteiger charge is -2.20. The second-order valence-electron chi connectivity index (χ2n) is 9.63. The molecule has 13 nitrogen and oxygen atoms in total. The lowest BCUT2D eigenvalue weighted by Crippen LogP contribution is -2.36. The first-order valence-electron chi connectivity index (χ1n) is 14.2. The molecule has 0 fully saturated rings. The van der Waals surface area contributed by atoms with E-state index in [1.807, 2.05) is 56.3 Å². The normalized spacial score (nSPS) is 12.2. The zero-order valence-electron chi connectivity index (χ0n) is 24.8. The molecule has 0 saturated carbocycles. The first-order valence-corrected chi connectivity index (χ1v) is 14.2. The van der Waals surface area contributed by atoms with E-state index in [9.17, 15) is 14.7 Å². The van der Waals surface area contributed by atoms with Crippen LogP contribution in [0, 0.1) is 5.92 Å². The fraction of sp³-hybridized carbons (Fsp3) is 0.433. The third kappa shape index (κ3) is 11.7. The molecular formula is C30H41N7O6. The summed E-state index contributed by atoms with van der Waals surface area (Å²) in [5, 5.41) is 21.7. The highest BCUT2D eigenvalue weighted by Crippen LogP contribution is 2.17. The van der Waals surface area contributed by atoms with Crippen LogP contribution in [-0.2, 0) is 20.8 Å². The number of carboxylic acids is 1. The van der Waals surface area contributed by atoms with Crippen LogP contribution in [0.2, 0.25) is 0 Å². The van der Waals surface area contributed by atoms with E-state index in [0.29, 0.717) is 58.0 Å². The first-order chi connectivity index (χ1) is 20.9. The molecule has 1 amide bonds. The van der Waals surface area contributed by atoms with Crippen molar-refractivity contribution in [1.82, 2.24) is 20.3 Å². The number of rotatable bonds is 20. The van der Waals surface area contributed by atoms with Crippen molar-refractivity contribution in [1.29, 1.82) is 0 Å². The summed E-state index contributed by atoms with van der Waals surface area (Å²) in [6.07, 6.45) is 0.673. The Labute approximate surface area is 251 Å². The number of benzene rings is 2. The van der Waals surface area contributed by atoms with Crippen LogP contribution in [0.1, 0.15) is 36.2 Å². The predicted octanol–water partition coefficient (Wildman–Crippen LogP) is 3.28. The maximum absolute atomic E-state index is 12.0. The van der Waals surface area contributed by atoms with Crippen molar-refractivity contribution in [2.45, 2.75) is 32.9 Å². The number of nitrogens with zero attached hydrogens (tertiary/aromatic N) is 3. The number of anilines is 3. The smallest absolute Gasteiger partial charge is 0.326 e. The summed E-state index contributed by atoms with van der Waals surface area (Å²) < 4.78 is 16.3. The van der Waals surface area contributed by atoms with E-state index in [4.69, 9.17) is 14.2 Å². The molecule has 43 heavy (non-hydrogen) atoms.